The lowest BCUT2D eigenvalue weighted by Gasteiger charge is -2.05. The number of hydrogen-bond donors (Lipinski definition) is 3. The lowest BCUT2D eigenvalue weighted by atomic mass is 10.2. The van der Waals surface area contributed by atoms with Crippen LogP contribution in [-0.2, 0) is 6.54 Å². The van der Waals surface area contributed by atoms with Gasteiger partial charge in [0.1, 0.15) is 17.1 Å². The monoisotopic (exact) mass is 303 g/mol. The highest BCUT2D eigenvalue weighted by Crippen LogP contribution is 2.16. The maximum atomic E-state index is 12.1. The first-order chi connectivity index (χ1) is 10.1. The van der Waals surface area contributed by atoms with Crippen molar-refractivity contribution in [1.82, 2.24) is 19.5 Å². The smallest absolute Gasteiger partial charge is 0.328 e. The normalized spacial score (nSPS) is 10.9. The number of nitrogens with zero attached hydrogens (tertiary/aromatic N) is 2. The van der Waals surface area contributed by atoms with E-state index in [-0.39, 0.29) is 10.5 Å². The summed E-state index contributed by atoms with van der Waals surface area (Å²) in [6.45, 7) is 0.369. The van der Waals surface area contributed by atoms with E-state index in [0.29, 0.717) is 23.5 Å². The van der Waals surface area contributed by atoms with Gasteiger partial charge in [-0.3, -0.25) is 4.57 Å². The summed E-state index contributed by atoms with van der Waals surface area (Å²) in [7, 11) is 1.60. The van der Waals surface area contributed by atoms with Crippen LogP contribution < -0.4 is 16.2 Å². The van der Waals surface area contributed by atoms with Gasteiger partial charge in [0.05, 0.1) is 13.7 Å². The third-order valence-electron chi connectivity index (χ3n) is 3.17. The van der Waals surface area contributed by atoms with Crippen molar-refractivity contribution in [2.75, 3.05) is 12.8 Å². The summed E-state index contributed by atoms with van der Waals surface area (Å²) in [5.41, 5.74) is 7.37. The van der Waals surface area contributed by atoms with E-state index in [9.17, 15) is 4.79 Å². The Kier molecular flexibility index (Phi) is 3.22. The minimum Gasteiger partial charge on any atom is -0.497 e. The standard InChI is InChI=1S/C13H13N5O2S/c1-20-8-4-2-7(3-5-8)6-18-11-9(15-13(18)19)10(14)16-12(21)17-11/h2-5H,6H2,1H3,(H,15,19)(H3,14,16,17,21). The quantitative estimate of drug-likeness (QED) is 0.635. The number of H-pyrrole nitrogens is 2. The van der Waals surface area contributed by atoms with E-state index in [1.54, 1.807) is 7.11 Å². The van der Waals surface area contributed by atoms with E-state index >= 15 is 0 Å². The van der Waals surface area contributed by atoms with E-state index in [2.05, 4.69) is 15.0 Å². The number of hydrogen-bond acceptors (Lipinski definition) is 5. The molecule has 0 aliphatic rings. The van der Waals surface area contributed by atoms with Gasteiger partial charge in [-0.15, -0.1) is 0 Å². The molecule has 7 nitrogen and oxygen atoms in total. The molecule has 0 spiro atoms. The highest BCUT2D eigenvalue weighted by Gasteiger charge is 2.11. The Labute approximate surface area is 124 Å². The van der Waals surface area contributed by atoms with Crippen LogP contribution in [-0.4, -0.2) is 26.6 Å². The molecule has 0 radical (unpaired) electrons. The second-order valence-corrected chi connectivity index (χ2v) is 4.91. The number of imidazole rings is 1. The summed E-state index contributed by atoms with van der Waals surface area (Å²) < 4.78 is 6.84. The van der Waals surface area contributed by atoms with Gasteiger partial charge in [0, 0.05) is 0 Å². The fourth-order valence-electron chi connectivity index (χ4n) is 2.13. The first-order valence-corrected chi connectivity index (χ1v) is 6.60. The minimum absolute atomic E-state index is 0.238. The summed E-state index contributed by atoms with van der Waals surface area (Å²) >= 11 is 5.00. The molecule has 0 atom stereocenters. The van der Waals surface area contributed by atoms with Crippen molar-refractivity contribution in [2.45, 2.75) is 6.54 Å². The molecular weight excluding hydrogens is 290 g/mol. The predicted octanol–water partition coefficient (Wildman–Crippen LogP) is 1.42. The molecule has 4 N–H and O–H groups in total. The molecule has 21 heavy (non-hydrogen) atoms. The Balaban J connectivity index is 2.09. The summed E-state index contributed by atoms with van der Waals surface area (Å²) in [4.78, 5) is 21.6. The van der Waals surface area contributed by atoms with Gasteiger partial charge in [-0.25, -0.2) is 4.79 Å². The van der Waals surface area contributed by atoms with E-state index in [0.717, 1.165) is 11.3 Å². The van der Waals surface area contributed by atoms with Crippen LogP contribution in [0, 0.1) is 4.77 Å². The molecule has 0 aliphatic carbocycles. The van der Waals surface area contributed by atoms with Crippen LogP contribution in [0.3, 0.4) is 0 Å². The molecule has 8 heteroatoms. The minimum atomic E-state index is -0.283. The van der Waals surface area contributed by atoms with Crippen LogP contribution in [0.4, 0.5) is 5.82 Å². The molecule has 3 rings (SSSR count). The number of ether oxygens (including phenoxy) is 1. The molecule has 0 fully saturated rings. The SMILES string of the molecule is COc1ccc(Cn2c(=O)[nH]c3c(N)[nH]c(=S)nc32)cc1. The highest BCUT2D eigenvalue weighted by molar-refractivity contribution is 7.71. The summed E-state index contributed by atoms with van der Waals surface area (Å²) in [6.07, 6.45) is 0. The Morgan fingerprint density at radius 2 is 2.05 bits per heavy atom. The first kappa shape index (κ1) is 13.4. The fourth-order valence-corrected chi connectivity index (χ4v) is 2.32. The van der Waals surface area contributed by atoms with Gasteiger partial charge in [0.25, 0.3) is 0 Å². The maximum absolute atomic E-state index is 12.1. The van der Waals surface area contributed by atoms with E-state index < -0.39 is 0 Å². The average Bonchev–Trinajstić information content (AvgIpc) is 2.77. The van der Waals surface area contributed by atoms with Gasteiger partial charge in [-0.2, -0.15) is 4.98 Å². The second kappa shape index (κ2) is 5.06. The highest BCUT2D eigenvalue weighted by atomic mass is 32.1. The molecule has 3 aromatic rings. The number of aromatic nitrogens is 4. The van der Waals surface area contributed by atoms with Crippen LogP contribution in [0.25, 0.3) is 11.2 Å². The fraction of sp³-hybridized carbons (Fsp3) is 0.154. The Morgan fingerprint density at radius 1 is 1.33 bits per heavy atom. The zero-order valence-corrected chi connectivity index (χ0v) is 12.0. The zero-order valence-electron chi connectivity index (χ0n) is 11.2. The number of rotatable bonds is 3. The van der Waals surface area contributed by atoms with Gasteiger partial charge < -0.3 is 20.4 Å². The molecule has 108 valence electrons. The van der Waals surface area contributed by atoms with Crippen LogP contribution in [0.5, 0.6) is 5.75 Å². The molecule has 1 aromatic carbocycles. The van der Waals surface area contributed by atoms with E-state index in [1.165, 1.54) is 4.57 Å². The zero-order chi connectivity index (χ0) is 15.0. The van der Waals surface area contributed by atoms with Crippen LogP contribution >= 0.6 is 12.2 Å². The number of anilines is 1. The van der Waals surface area contributed by atoms with E-state index in [1.807, 2.05) is 24.3 Å². The third-order valence-corrected chi connectivity index (χ3v) is 3.37. The molecule has 0 saturated heterocycles. The second-order valence-electron chi connectivity index (χ2n) is 4.52. The first-order valence-electron chi connectivity index (χ1n) is 6.19. The molecule has 0 amide bonds. The third kappa shape index (κ3) is 2.40. The largest absolute Gasteiger partial charge is 0.497 e. The average molecular weight is 303 g/mol. The van der Waals surface area contributed by atoms with Crippen molar-refractivity contribution >= 4 is 29.2 Å². The maximum Gasteiger partial charge on any atom is 0.328 e. The van der Waals surface area contributed by atoms with Gasteiger partial charge in [-0.1, -0.05) is 12.1 Å². The molecule has 2 aromatic heterocycles. The molecule has 2 heterocycles. The Hall–Kier alpha value is -2.61. The van der Waals surface area contributed by atoms with Crippen molar-refractivity contribution in [3.63, 3.8) is 0 Å². The topological polar surface area (TPSA) is 102 Å². The predicted molar refractivity (Wildman–Crippen MR) is 82.0 cm³/mol. The lowest BCUT2D eigenvalue weighted by Crippen LogP contribution is -2.17. The van der Waals surface area contributed by atoms with Crippen molar-refractivity contribution in [3.8, 4) is 5.75 Å². The van der Waals surface area contributed by atoms with Crippen molar-refractivity contribution in [1.29, 1.82) is 0 Å². The lowest BCUT2D eigenvalue weighted by molar-refractivity contribution is 0.414. The Bertz CT molecular complexity index is 907. The number of methoxy groups -OCH3 is 1. The van der Waals surface area contributed by atoms with Crippen LogP contribution in [0.1, 0.15) is 5.56 Å². The van der Waals surface area contributed by atoms with Gasteiger partial charge >= 0.3 is 5.69 Å². The summed E-state index contributed by atoms with van der Waals surface area (Å²) in [5, 5.41) is 0. The molecule has 0 bridgehead atoms. The van der Waals surface area contributed by atoms with Gasteiger partial charge in [0.2, 0.25) is 0 Å². The summed E-state index contributed by atoms with van der Waals surface area (Å²) in [6, 6.07) is 7.45. The van der Waals surface area contributed by atoms with Gasteiger partial charge in [0.15, 0.2) is 10.4 Å². The summed E-state index contributed by atoms with van der Waals surface area (Å²) in [5.74, 6) is 1.06. The van der Waals surface area contributed by atoms with Gasteiger partial charge in [-0.05, 0) is 29.9 Å². The van der Waals surface area contributed by atoms with Crippen LogP contribution in [0.15, 0.2) is 29.1 Å². The molecule has 0 unspecified atom stereocenters. The van der Waals surface area contributed by atoms with Crippen molar-refractivity contribution in [3.05, 3.63) is 45.1 Å². The van der Waals surface area contributed by atoms with E-state index in [4.69, 9.17) is 22.7 Å². The number of nitrogen functional groups attached to an aromatic ring is 1. The molecular formula is C13H13N5O2S. The molecule has 0 saturated carbocycles. The van der Waals surface area contributed by atoms with Crippen molar-refractivity contribution in [2.24, 2.45) is 0 Å². The molecule has 0 aliphatic heterocycles. The number of nitrogens with two attached hydrogens (primary N) is 1. The number of aromatic amines is 2. The number of benzene rings is 1. The number of fused-ring (bicyclic) bond motifs is 1. The number of nitrogens with one attached hydrogen (secondary N) is 2. The van der Waals surface area contributed by atoms with Crippen LogP contribution in [0.2, 0.25) is 0 Å². The van der Waals surface area contributed by atoms with Crippen molar-refractivity contribution < 1.29 is 4.74 Å². The Morgan fingerprint density at radius 3 is 2.71 bits per heavy atom.